The number of ketones is 1. The Morgan fingerprint density at radius 3 is 2.56 bits per heavy atom. The number of carbonyl (C=O) groups is 3. The van der Waals surface area contributed by atoms with Gasteiger partial charge in [-0.05, 0) is 19.3 Å². The molecule has 0 aromatic rings. The van der Waals surface area contributed by atoms with Crippen LogP contribution in [0.4, 0.5) is 4.79 Å². The predicted octanol–water partition coefficient (Wildman–Crippen LogP) is 1.61. The fourth-order valence-corrected chi connectivity index (χ4v) is 2.85. The van der Waals surface area contributed by atoms with Crippen molar-refractivity contribution in [1.29, 1.82) is 0 Å². The third-order valence-electron chi connectivity index (χ3n) is 3.82. The van der Waals surface area contributed by atoms with Crippen LogP contribution in [0.5, 0.6) is 0 Å². The van der Waals surface area contributed by atoms with E-state index >= 15 is 0 Å². The molecule has 0 unspecified atom stereocenters. The summed E-state index contributed by atoms with van der Waals surface area (Å²) in [6.07, 6.45) is 5.61. The van der Waals surface area contributed by atoms with Crippen molar-refractivity contribution < 1.29 is 14.4 Å². The van der Waals surface area contributed by atoms with Gasteiger partial charge in [0.25, 0.3) is 5.91 Å². The van der Waals surface area contributed by atoms with E-state index in [2.05, 4.69) is 5.32 Å². The van der Waals surface area contributed by atoms with Gasteiger partial charge in [-0.15, -0.1) is 0 Å². The maximum absolute atomic E-state index is 12.3. The maximum Gasteiger partial charge on any atom is 0.325 e. The van der Waals surface area contributed by atoms with Gasteiger partial charge in [-0.1, -0.05) is 26.2 Å². The summed E-state index contributed by atoms with van der Waals surface area (Å²) in [5.41, 5.74) is -0.707. The summed E-state index contributed by atoms with van der Waals surface area (Å²) >= 11 is 0. The number of imide groups is 1. The Kier molecular flexibility index (Phi) is 3.68. The normalized spacial score (nSPS) is 22.4. The van der Waals surface area contributed by atoms with Crippen LogP contribution in [-0.2, 0) is 9.59 Å². The lowest BCUT2D eigenvalue weighted by Crippen LogP contribution is -2.48. The second kappa shape index (κ2) is 5.08. The van der Waals surface area contributed by atoms with Crippen molar-refractivity contribution in [3.05, 3.63) is 0 Å². The van der Waals surface area contributed by atoms with Gasteiger partial charge in [-0.3, -0.25) is 14.5 Å². The van der Waals surface area contributed by atoms with Crippen LogP contribution in [0.3, 0.4) is 0 Å². The number of nitrogens with one attached hydrogen (secondary N) is 1. The van der Waals surface area contributed by atoms with Gasteiger partial charge in [-0.2, -0.15) is 0 Å². The Morgan fingerprint density at radius 2 is 1.94 bits per heavy atom. The number of nitrogens with zero attached hydrogens (tertiary/aromatic N) is 1. The van der Waals surface area contributed by atoms with Crippen LogP contribution in [0.25, 0.3) is 0 Å². The summed E-state index contributed by atoms with van der Waals surface area (Å²) in [6, 6.07) is -0.397. The maximum atomic E-state index is 12.3. The Hall–Kier alpha value is -1.39. The van der Waals surface area contributed by atoms with Gasteiger partial charge >= 0.3 is 6.03 Å². The Morgan fingerprint density at radius 1 is 1.28 bits per heavy atom. The second-order valence-corrected chi connectivity index (χ2v) is 5.25. The minimum atomic E-state index is -0.707. The van der Waals surface area contributed by atoms with E-state index in [1.807, 2.05) is 6.92 Å². The molecule has 1 saturated heterocycles. The number of hydrogen-bond acceptors (Lipinski definition) is 3. The highest BCUT2D eigenvalue weighted by Gasteiger charge is 2.51. The van der Waals surface area contributed by atoms with E-state index in [9.17, 15) is 14.4 Å². The highest BCUT2D eigenvalue weighted by molar-refractivity contribution is 6.09. The fraction of sp³-hybridized carbons (Fsp3) is 0.769. The first-order valence-corrected chi connectivity index (χ1v) is 6.75. The van der Waals surface area contributed by atoms with Crippen molar-refractivity contribution in [3.8, 4) is 0 Å². The van der Waals surface area contributed by atoms with Gasteiger partial charge in [0, 0.05) is 6.42 Å². The summed E-state index contributed by atoms with van der Waals surface area (Å²) in [5, 5.41) is 2.80. The molecule has 5 heteroatoms. The summed E-state index contributed by atoms with van der Waals surface area (Å²) in [7, 11) is 0. The second-order valence-electron chi connectivity index (χ2n) is 5.25. The Balaban J connectivity index is 2.07. The zero-order chi connectivity index (χ0) is 13.2. The molecule has 1 N–H and O–H groups in total. The molecule has 1 saturated carbocycles. The van der Waals surface area contributed by atoms with Crippen LogP contribution < -0.4 is 5.32 Å². The van der Waals surface area contributed by atoms with Crippen LogP contribution >= 0.6 is 0 Å². The minimum absolute atomic E-state index is 0.0474. The number of urea groups is 1. The Labute approximate surface area is 107 Å². The molecule has 0 radical (unpaired) electrons. The minimum Gasteiger partial charge on any atom is -0.323 e. The zero-order valence-electron chi connectivity index (χ0n) is 10.8. The summed E-state index contributed by atoms with van der Waals surface area (Å²) in [4.78, 5) is 36.9. The van der Waals surface area contributed by atoms with E-state index in [1.165, 1.54) is 0 Å². The number of Topliss-reactive ketones (excluding diaryl/α,β-unsaturated/α-hetero) is 1. The average Bonchev–Trinajstić information content (AvgIpc) is 2.55. The van der Waals surface area contributed by atoms with Gasteiger partial charge < -0.3 is 5.32 Å². The molecule has 1 heterocycles. The van der Waals surface area contributed by atoms with E-state index < -0.39 is 11.6 Å². The van der Waals surface area contributed by atoms with Gasteiger partial charge in [0.1, 0.15) is 5.54 Å². The lowest BCUT2D eigenvalue weighted by Gasteiger charge is -2.30. The molecular weight excluding hydrogens is 232 g/mol. The topological polar surface area (TPSA) is 66.5 Å². The third-order valence-corrected chi connectivity index (χ3v) is 3.82. The highest BCUT2D eigenvalue weighted by Crippen LogP contribution is 2.33. The summed E-state index contributed by atoms with van der Waals surface area (Å²) < 4.78 is 0. The lowest BCUT2D eigenvalue weighted by molar-refractivity contribution is -0.135. The van der Waals surface area contributed by atoms with E-state index in [0.29, 0.717) is 19.3 Å². The summed E-state index contributed by atoms with van der Waals surface area (Å²) in [5.74, 6) is -0.245. The van der Waals surface area contributed by atoms with Crippen molar-refractivity contribution in [2.24, 2.45) is 0 Å². The lowest BCUT2D eigenvalue weighted by atomic mass is 9.82. The van der Waals surface area contributed by atoms with Crippen molar-refractivity contribution in [3.63, 3.8) is 0 Å². The van der Waals surface area contributed by atoms with Crippen molar-refractivity contribution >= 4 is 17.7 Å². The predicted molar refractivity (Wildman–Crippen MR) is 66.0 cm³/mol. The van der Waals surface area contributed by atoms with Crippen LogP contribution in [0.2, 0.25) is 0 Å². The first-order valence-electron chi connectivity index (χ1n) is 6.75. The molecule has 18 heavy (non-hydrogen) atoms. The number of hydrogen-bond donors (Lipinski definition) is 1. The van der Waals surface area contributed by atoms with Crippen LogP contribution in [0.1, 0.15) is 51.9 Å². The number of carbonyl (C=O) groups excluding carboxylic acids is 3. The van der Waals surface area contributed by atoms with E-state index in [4.69, 9.17) is 0 Å². The smallest absolute Gasteiger partial charge is 0.323 e. The molecule has 1 aliphatic carbocycles. The van der Waals surface area contributed by atoms with Crippen LogP contribution in [0.15, 0.2) is 0 Å². The molecule has 0 aromatic heterocycles. The molecule has 3 amide bonds. The third kappa shape index (κ3) is 2.26. The fourth-order valence-electron chi connectivity index (χ4n) is 2.85. The molecule has 100 valence electrons. The molecule has 1 spiro atoms. The molecule has 0 bridgehead atoms. The van der Waals surface area contributed by atoms with Crippen LogP contribution in [-0.4, -0.2) is 34.7 Å². The Bertz CT molecular complexity index is 372. The van der Waals surface area contributed by atoms with E-state index in [-0.39, 0.29) is 18.2 Å². The monoisotopic (exact) mass is 252 g/mol. The highest BCUT2D eigenvalue weighted by atomic mass is 16.2. The first kappa shape index (κ1) is 13.1. The van der Waals surface area contributed by atoms with Crippen molar-refractivity contribution in [2.75, 3.05) is 6.54 Å². The van der Waals surface area contributed by atoms with Gasteiger partial charge in [0.15, 0.2) is 5.78 Å². The first-order chi connectivity index (χ1) is 8.59. The SMILES string of the molecule is CCCC(=O)CN1C(=O)NC2(CCCCC2)C1=O. The van der Waals surface area contributed by atoms with Crippen molar-refractivity contribution in [1.82, 2.24) is 10.2 Å². The van der Waals surface area contributed by atoms with Gasteiger partial charge in [0.05, 0.1) is 6.54 Å². The number of rotatable bonds is 4. The summed E-state index contributed by atoms with van der Waals surface area (Å²) in [6.45, 7) is 1.84. The largest absolute Gasteiger partial charge is 0.325 e. The van der Waals surface area contributed by atoms with E-state index in [0.717, 1.165) is 30.6 Å². The van der Waals surface area contributed by atoms with E-state index in [1.54, 1.807) is 0 Å². The standard InChI is InChI=1S/C13H20N2O3/c1-2-6-10(16)9-15-11(17)13(14-12(15)18)7-4-3-5-8-13/h2-9H2,1H3,(H,14,18). The number of amides is 3. The molecule has 0 aromatic carbocycles. The molecule has 2 fully saturated rings. The molecule has 5 nitrogen and oxygen atoms in total. The molecular formula is C13H20N2O3. The quantitative estimate of drug-likeness (QED) is 0.773. The zero-order valence-corrected chi connectivity index (χ0v) is 10.8. The van der Waals surface area contributed by atoms with Gasteiger partial charge in [0.2, 0.25) is 0 Å². The molecule has 2 aliphatic rings. The molecule has 1 aliphatic heterocycles. The van der Waals surface area contributed by atoms with Gasteiger partial charge in [-0.25, -0.2) is 4.79 Å². The molecule has 2 rings (SSSR count). The molecule has 0 atom stereocenters. The van der Waals surface area contributed by atoms with Crippen LogP contribution in [0, 0.1) is 0 Å². The van der Waals surface area contributed by atoms with Crippen molar-refractivity contribution in [2.45, 2.75) is 57.4 Å². The average molecular weight is 252 g/mol.